The third-order valence-corrected chi connectivity index (χ3v) is 10.1. The van der Waals surface area contributed by atoms with E-state index >= 15 is 0 Å². The Bertz CT molecular complexity index is 1300. The van der Waals surface area contributed by atoms with Crippen LogP contribution >= 0.6 is 26.0 Å². The monoisotopic (exact) mass is 619 g/mol. The average molecular weight is 619 g/mol. The molecule has 39 heavy (non-hydrogen) atoms. The normalized spacial score (nSPS) is 35.4. The Balaban J connectivity index is 1.68. The highest BCUT2D eigenvalue weighted by molar-refractivity contribution is 8.55. The number of phosphoric acid groups is 1. The smallest absolute Gasteiger partial charge is 0.330 e. The number of aliphatic hydroxyl groups excluding tert-OH is 5. The molecule has 0 radical (unpaired) electrons. The average Bonchev–Trinajstić information content (AvgIpc) is 3.10. The van der Waals surface area contributed by atoms with Gasteiger partial charge in [-0.3, -0.25) is 32.6 Å². The predicted molar refractivity (Wildman–Crippen MR) is 123 cm³/mol. The van der Waals surface area contributed by atoms with Crippen LogP contribution in [0.2, 0.25) is 0 Å². The molecule has 10 atom stereocenters. The fourth-order valence-electron chi connectivity index (χ4n) is 3.53. The topological polar surface area (TPSA) is 303 Å². The Hall–Kier alpha value is -1.61. The molecular formula is C17H23N3O16P2S-2. The van der Waals surface area contributed by atoms with Crippen LogP contribution in [0.1, 0.15) is 13.2 Å². The van der Waals surface area contributed by atoms with E-state index in [0.717, 1.165) is 19.2 Å². The van der Waals surface area contributed by atoms with Crippen molar-refractivity contribution in [2.75, 3.05) is 13.2 Å². The number of ether oxygens (including phenoxy) is 2. The van der Waals surface area contributed by atoms with Crippen LogP contribution in [-0.2, 0) is 32.2 Å². The third-order valence-electron chi connectivity index (χ3n) is 5.30. The maximum Gasteiger partial charge on any atom is 0.330 e. The summed E-state index contributed by atoms with van der Waals surface area (Å²) in [6.07, 6.45) is -11.1. The Morgan fingerprint density at radius 2 is 1.82 bits per heavy atom. The lowest BCUT2D eigenvalue weighted by Gasteiger charge is -2.39. The number of hydrogen-bond donors (Lipinski definition) is 6. The highest BCUT2D eigenvalue weighted by Crippen LogP contribution is 2.64. The molecule has 0 bridgehead atoms. The summed E-state index contributed by atoms with van der Waals surface area (Å²) in [7, 11) is -5.74. The van der Waals surface area contributed by atoms with Crippen LogP contribution in [0, 0.1) is 0 Å². The van der Waals surface area contributed by atoms with Crippen molar-refractivity contribution >= 4 is 37.6 Å². The van der Waals surface area contributed by atoms with E-state index in [1.165, 1.54) is 0 Å². The molecule has 2 saturated heterocycles. The van der Waals surface area contributed by atoms with Crippen molar-refractivity contribution in [1.29, 1.82) is 0 Å². The number of carbonyl (C=O) groups is 1. The number of hydrogen-bond acceptors (Lipinski definition) is 17. The molecule has 0 aromatic carbocycles. The van der Waals surface area contributed by atoms with E-state index in [0.29, 0.717) is 4.57 Å². The molecule has 22 heteroatoms. The van der Waals surface area contributed by atoms with Gasteiger partial charge in [0.05, 0.1) is 18.9 Å². The first-order chi connectivity index (χ1) is 18.0. The quantitative estimate of drug-likeness (QED) is 0.141. The van der Waals surface area contributed by atoms with Gasteiger partial charge in [0.15, 0.2) is 11.7 Å². The first-order valence-electron chi connectivity index (χ1n) is 10.8. The second-order valence-electron chi connectivity index (χ2n) is 8.12. The molecule has 2 unspecified atom stereocenters. The fraction of sp³-hybridized carbons (Fsp3) is 0.647. The largest absolute Gasteiger partial charge is 0.770 e. The fourth-order valence-corrected chi connectivity index (χ4v) is 8.17. The number of nitrogens with zero attached hydrogens (tertiary/aromatic N) is 2. The molecule has 220 valence electrons. The van der Waals surface area contributed by atoms with Crippen molar-refractivity contribution in [3.63, 3.8) is 0 Å². The lowest BCUT2D eigenvalue weighted by atomic mass is 10.0. The summed E-state index contributed by atoms with van der Waals surface area (Å²) in [6, 6.07) is 0.919. The summed E-state index contributed by atoms with van der Waals surface area (Å²) in [5.74, 6) is -0.924. The maximum absolute atomic E-state index is 12.4. The number of rotatable bonds is 9. The van der Waals surface area contributed by atoms with Crippen molar-refractivity contribution < 1.29 is 67.6 Å². The van der Waals surface area contributed by atoms with E-state index < -0.39 is 99.0 Å². The van der Waals surface area contributed by atoms with Gasteiger partial charge in [0.25, 0.3) is 13.4 Å². The van der Waals surface area contributed by atoms with Crippen LogP contribution in [0.4, 0.5) is 0 Å². The zero-order chi connectivity index (χ0) is 29.3. The van der Waals surface area contributed by atoms with Crippen molar-refractivity contribution in [3.05, 3.63) is 33.1 Å². The number of phosphoric ester groups is 1. The van der Waals surface area contributed by atoms with Crippen molar-refractivity contribution in [2.45, 2.75) is 55.2 Å². The number of nitrogens with one attached hydrogen (secondary N) is 1. The Labute approximate surface area is 221 Å². The van der Waals surface area contributed by atoms with Crippen molar-refractivity contribution in [2.24, 2.45) is 4.99 Å². The molecular weight excluding hydrogens is 596 g/mol. The Kier molecular flexibility index (Phi) is 10.2. The number of aliphatic imine (C=N–C) groups is 1. The molecule has 2 aliphatic heterocycles. The minimum atomic E-state index is -5.74. The minimum absolute atomic E-state index is 0.365. The van der Waals surface area contributed by atoms with Crippen LogP contribution in [0.15, 0.2) is 26.8 Å². The van der Waals surface area contributed by atoms with Gasteiger partial charge >= 0.3 is 5.69 Å². The summed E-state index contributed by atoms with van der Waals surface area (Å²) in [4.78, 5) is 64.5. The summed E-state index contributed by atoms with van der Waals surface area (Å²) < 4.78 is 44.3. The number of amides is 1. The lowest BCUT2D eigenvalue weighted by molar-refractivity contribution is -0.231. The standard InChI is InChI=1S/C17H25N3O16P2S/c1-6(22)18-10-13(26)11(24)7(4-21)35-16(10)39-38(31,32)36-37(29,30)33-5-8-12(25)14(27)15(34-8)20-3-2-9(23)19-17(20)28/h2-3,7-8,11-16,21,24-27H,4-5H2,1H3,(H,29,30)(H,31,32)(H,19,23,28)/p-2/t7-,8-,11-,12-,13-,14-,15-,16-/m1/s1. The SMILES string of the molecule is CC(=O)N=C1[C@@H](SP(=O)([O-])OP(=O)([O-])OC[C@H]2O[C@@H](n3ccc(=O)[nH]c3=O)[C@H](O)[C@@H]2O)O[C@H](CO)[C@@H](O)[C@@H]1O. The van der Waals surface area contributed by atoms with Crippen LogP contribution in [0.25, 0.3) is 0 Å². The third kappa shape index (κ3) is 7.78. The first kappa shape index (κ1) is 31.9. The molecule has 2 fully saturated rings. The highest BCUT2D eigenvalue weighted by atomic mass is 32.7. The molecule has 0 aliphatic carbocycles. The number of carbonyl (C=O) groups excluding carboxylic acids is 1. The molecule has 0 spiro atoms. The zero-order valence-corrected chi connectivity index (χ0v) is 22.2. The van der Waals surface area contributed by atoms with Gasteiger partial charge in [-0.15, -0.1) is 0 Å². The van der Waals surface area contributed by atoms with Gasteiger partial charge < -0.3 is 49.3 Å². The van der Waals surface area contributed by atoms with Gasteiger partial charge in [-0.05, 0) is 11.4 Å². The van der Waals surface area contributed by atoms with Crippen LogP contribution < -0.4 is 21.0 Å². The second-order valence-corrected chi connectivity index (χ2v) is 13.4. The number of H-pyrrole nitrogens is 1. The molecule has 1 aromatic rings. The maximum atomic E-state index is 12.4. The molecule has 3 rings (SSSR count). The first-order valence-corrected chi connectivity index (χ1v) is 15.2. The molecule has 6 N–H and O–H groups in total. The van der Waals surface area contributed by atoms with Gasteiger partial charge in [0.2, 0.25) is 12.7 Å². The van der Waals surface area contributed by atoms with E-state index in [1.807, 2.05) is 4.98 Å². The molecule has 0 saturated carbocycles. The number of aromatic amines is 1. The van der Waals surface area contributed by atoms with Crippen molar-refractivity contribution in [3.8, 4) is 0 Å². The summed E-state index contributed by atoms with van der Waals surface area (Å²) in [6.45, 7) is -6.61. The predicted octanol–water partition coefficient (Wildman–Crippen LogP) is -4.71. The number of aromatic nitrogens is 2. The Morgan fingerprint density at radius 1 is 1.15 bits per heavy atom. The van der Waals surface area contributed by atoms with Gasteiger partial charge in [0.1, 0.15) is 36.6 Å². The van der Waals surface area contributed by atoms with Crippen LogP contribution in [-0.4, -0.2) is 102 Å². The molecule has 1 aromatic heterocycles. The van der Waals surface area contributed by atoms with Gasteiger partial charge in [0, 0.05) is 19.2 Å². The van der Waals surface area contributed by atoms with Gasteiger partial charge in [-0.1, -0.05) is 0 Å². The summed E-state index contributed by atoms with van der Waals surface area (Å²) in [5, 5.41) is 49.7. The van der Waals surface area contributed by atoms with E-state index in [1.54, 1.807) is 0 Å². The van der Waals surface area contributed by atoms with E-state index in [2.05, 4.69) is 13.8 Å². The van der Waals surface area contributed by atoms with E-state index in [4.69, 9.17) is 9.47 Å². The van der Waals surface area contributed by atoms with Crippen molar-refractivity contribution in [1.82, 2.24) is 9.55 Å². The van der Waals surface area contributed by atoms with E-state index in [-0.39, 0.29) is 11.4 Å². The zero-order valence-electron chi connectivity index (χ0n) is 19.6. The minimum Gasteiger partial charge on any atom is -0.770 e. The molecule has 19 nitrogen and oxygen atoms in total. The second kappa shape index (κ2) is 12.5. The van der Waals surface area contributed by atoms with Crippen LogP contribution in [0.5, 0.6) is 0 Å². The number of aliphatic hydroxyl groups is 5. The highest BCUT2D eigenvalue weighted by Gasteiger charge is 2.46. The summed E-state index contributed by atoms with van der Waals surface area (Å²) >= 11 is -0.365. The lowest BCUT2D eigenvalue weighted by Crippen LogP contribution is -2.55. The Morgan fingerprint density at radius 3 is 2.41 bits per heavy atom. The summed E-state index contributed by atoms with van der Waals surface area (Å²) in [5.41, 5.74) is -4.35. The van der Waals surface area contributed by atoms with Gasteiger partial charge in [-0.25, -0.2) is 9.79 Å². The van der Waals surface area contributed by atoms with Gasteiger partial charge in [-0.2, -0.15) is 0 Å². The van der Waals surface area contributed by atoms with E-state index in [9.17, 15) is 58.8 Å². The molecule has 1 amide bonds. The molecule has 3 heterocycles. The van der Waals surface area contributed by atoms with Crippen LogP contribution in [0.3, 0.4) is 0 Å². The molecule has 2 aliphatic rings.